The first-order valence-electron chi connectivity index (χ1n) is 19.2. The number of rotatable bonds is 20. The van der Waals surface area contributed by atoms with Crippen LogP contribution in [-0.2, 0) is 28.7 Å². The molecule has 5 amide bonds. The number of hydrogen-bond acceptors (Lipinski definition) is 8. The van der Waals surface area contributed by atoms with E-state index in [1.165, 1.54) is 21.3 Å². The Bertz CT molecular complexity index is 1380. The molecule has 1 fully saturated rings. The maximum Gasteiger partial charge on any atom is 0.407 e. The van der Waals surface area contributed by atoms with Gasteiger partial charge in [-0.25, -0.2) is 4.79 Å². The first-order chi connectivity index (χ1) is 25.3. The van der Waals surface area contributed by atoms with E-state index >= 15 is 0 Å². The first kappa shape index (κ1) is 46.4. The second kappa shape index (κ2) is 21.4. The lowest BCUT2D eigenvalue weighted by Gasteiger charge is -2.41. The summed E-state index contributed by atoms with van der Waals surface area (Å²) in [6.07, 6.45) is -1.45. The molecule has 1 aromatic rings. The SMILES string of the molecule is CCC(C)C(C(CC(=O)N1CCC[C@H]1C(OC)C(C)C(=O)NC(C)C(O)c1ccccc1)OC)N(C)C(=O)C(NC(=O)C(C(C)C)N(C)C(=O)O)C(C)C. The number of aliphatic hydroxyl groups excluding tert-OH is 1. The zero-order valence-corrected chi connectivity index (χ0v) is 34.4. The molecule has 0 spiro atoms. The molecular formula is C40H67N5O9. The molecule has 0 radical (unpaired) electrons. The molecule has 1 aromatic carbocycles. The van der Waals surface area contributed by atoms with Crippen LogP contribution in [0, 0.1) is 23.7 Å². The Morgan fingerprint density at radius 2 is 1.50 bits per heavy atom. The topological polar surface area (TPSA) is 178 Å². The van der Waals surface area contributed by atoms with Crippen molar-refractivity contribution in [1.29, 1.82) is 0 Å². The standard InChI is InChI=1S/C40H67N5O9/c1-13-25(6)34(43(9)39(50)32(23(2)3)42-38(49)33(24(4)5)44(10)40(51)52)30(53-11)22-31(46)45-21-17-20-29(45)36(54-12)26(7)37(48)41-27(8)35(47)28-18-15-14-16-19-28/h14-16,18-19,23-27,29-30,32-36,47H,13,17,20-22H2,1-12H3,(H,41,48)(H,42,49)(H,51,52)/t25?,26?,27?,29-,30?,32?,33?,34?,35?,36?/m0/s1. The van der Waals surface area contributed by atoms with Crippen molar-refractivity contribution >= 4 is 29.7 Å². The van der Waals surface area contributed by atoms with Gasteiger partial charge in [0.25, 0.3) is 0 Å². The van der Waals surface area contributed by atoms with Crippen molar-refractivity contribution in [2.75, 3.05) is 34.9 Å². The van der Waals surface area contributed by atoms with E-state index in [0.29, 0.717) is 24.9 Å². The van der Waals surface area contributed by atoms with E-state index in [1.54, 1.807) is 56.7 Å². The van der Waals surface area contributed by atoms with Crippen LogP contribution in [0.4, 0.5) is 4.79 Å². The maximum atomic E-state index is 14.2. The van der Waals surface area contributed by atoms with E-state index in [9.17, 15) is 34.2 Å². The number of methoxy groups -OCH3 is 2. The highest BCUT2D eigenvalue weighted by Gasteiger charge is 2.43. The van der Waals surface area contributed by atoms with E-state index in [2.05, 4.69) is 10.6 Å². The maximum absolute atomic E-state index is 14.2. The van der Waals surface area contributed by atoms with Crippen molar-refractivity contribution in [3.8, 4) is 0 Å². The number of likely N-dealkylation sites (tertiary alicyclic amines) is 1. The van der Waals surface area contributed by atoms with Crippen molar-refractivity contribution < 1.29 is 43.7 Å². The number of likely N-dealkylation sites (N-methyl/N-ethyl adjacent to an activating group) is 2. The third-order valence-corrected chi connectivity index (χ3v) is 11.1. The molecule has 14 nitrogen and oxygen atoms in total. The molecule has 1 heterocycles. The van der Waals surface area contributed by atoms with Gasteiger partial charge in [-0.3, -0.25) is 24.1 Å². The van der Waals surface area contributed by atoms with Gasteiger partial charge < -0.3 is 40.1 Å². The molecule has 54 heavy (non-hydrogen) atoms. The average Bonchev–Trinajstić information content (AvgIpc) is 3.62. The predicted molar refractivity (Wildman–Crippen MR) is 206 cm³/mol. The summed E-state index contributed by atoms with van der Waals surface area (Å²) in [6.45, 7) is 15.1. The lowest BCUT2D eigenvalue weighted by Crippen LogP contribution is -2.60. The Morgan fingerprint density at radius 1 is 0.889 bits per heavy atom. The minimum atomic E-state index is -1.25. The molecule has 1 aliphatic rings. The van der Waals surface area contributed by atoms with Gasteiger partial charge in [0.2, 0.25) is 23.6 Å². The van der Waals surface area contributed by atoms with Gasteiger partial charge in [0, 0.05) is 34.9 Å². The number of aliphatic hydroxyl groups is 1. The summed E-state index contributed by atoms with van der Waals surface area (Å²) in [7, 11) is 6.02. The summed E-state index contributed by atoms with van der Waals surface area (Å²) in [5.41, 5.74) is 0.692. The Hall–Kier alpha value is -3.75. The van der Waals surface area contributed by atoms with E-state index < -0.39 is 60.4 Å². The van der Waals surface area contributed by atoms with E-state index in [-0.39, 0.29) is 47.9 Å². The van der Waals surface area contributed by atoms with Gasteiger partial charge in [-0.15, -0.1) is 0 Å². The van der Waals surface area contributed by atoms with Crippen LogP contribution in [0.15, 0.2) is 30.3 Å². The predicted octanol–water partition coefficient (Wildman–Crippen LogP) is 3.92. The lowest BCUT2D eigenvalue weighted by atomic mass is 9.89. The minimum absolute atomic E-state index is 0.0333. The second-order valence-corrected chi connectivity index (χ2v) is 15.6. The zero-order chi connectivity index (χ0) is 41.0. The average molecular weight is 762 g/mol. The number of amides is 5. The van der Waals surface area contributed by atoms with Crippen molar-refractivity contribution in [2.24, 2.45) is 23.7 Å². The number of nitrogens with one attached hydrogen (secondary N) is 2. The number of ether oxygens (including phenoxy) is 2. The van der Waals surface area contributed by atoms with Gasteiger partial charge in [-0.1, -0.05) is 85.2 Å². The summed E-state index contributed by atoms with van der Waals surface area (Å²) < 4.78 is 11.9. The fourth-order valence-electron chi connectivity index (χ4n) is 7.70. The molecule has 14 heteroatoms. The summed E-state index contributed by atoms with van der Waals surface area (Å²) in [5.74, 6) is -2.82. The molecule has 4 N–H and O–H groups in total. The molecule has 10 atom stereocenters. The Balaban J connectivity index is 2.27. The molecule has 9 unspecified atom stereocenters. The number of nitrogens with zero attached hydrogens (tertiary/aromatic N) is 3. The zero-order valence-electron chi connectivity index (χ0n) is 34.4. The molecule has 0 aromatic heterocycles. The van der Waals surface area contributed by atoms with Crippen molar-refractivity contribution in [3.63, 3.8) is 0 Å². The molecular weight excluding hydrogens is 694 g/mol. The Kier molecular flexibility index (Phi) is 18.4. The lowest BCUT2D eigenvalue weighted by molar-refractivity contribution is -0.148. The van der Waals surface area contributed by atoms with Crippen LogP contribution in [0.3, 0.4) is 0 Å². The molecule has 1 saturated heterocycles. The molecule has 0 aliphatic carbocycles. The fourth-order valence-corrected chi connectivity index (χ4v) is 7.70. The number of hydrogen-bond donors (Lipinski definition) is 4. The van der Waals surface area contributed by atoms with Gasteiger partial charge in [-0.2, -0.15) is 0 Å². The minimum Gasteiger partial charge on any atom is -0.465 e. The fraction of sp³-hybridized carbons (Fsp3) is 0.725. The van der Waals surface area contributed by atoms with Gasteiger partial charge in [-0.05, 0) is 43.1 Å². The highest BCUT2D eigenvalue weighted by Crippen LogP contribution is 2.30. The van der Waals surface area contributed by atoms with Gasteiger partial charge >= 0.3 is 6.09 Å². The molecule has 1 aliphatic heterocycles. The third-order valence-electron chi connectivity index (χ3n) is 11.1. The Labute approximate surface area is 322 Å². The molecule has 306 valence electrons. The molecule has 0 saturated carbocycles. The van der Waals surface area contributed by atoms with Crippen LogP contribution >= 0.6 is 0 Å². The number of carboxylic acid groups (broad SMARTS) is 1. The first-order valence-corrected chi connectivity index (χ1v) is 19.2. The number of benzene rings is 1. The highest BCUT2D eigenvalue weighted by molar-refractivity contribution is 5.91. The second-order valence-electron chi connectivity index (χ2n) is 15.6. The van der Waals surface area contributed by atoms with Crippen LogP contribution in [0.5, 0.6) is 0 Å². The van der Waals surface area contributed by atoms with Crippen LogP contribution in [-0.4, -0.2) is 132 Å². The van der Waals surface area contributed by atoms with Crippen LogP contribution in [0.25, 0.3) is 0 Å². The van der Waals surface area contributed by atoms with Gasteiger partial charge in [0.1, 0.15) is 12.1 Å². The van der Waals surface area contributed by atoms with Crippen LogP contribution < -0.4 is 10.6 Å². The molecule has 2 rings (SSSR count). The van der Waals surface area contributed by atoms with Crippen molar-refractivity contribution in [3.05, 3.63) is 35.9 Å². The van der Waals surface area contributed by atoms with Crippen LogP contribution in [0.2, 0.25) is 0 Å². The van der Waals surface area contributed by atoms with Gasteiger partial charge in [0.05, 0.1) is 48.8 Å². The third kappa shape index (κ3) is 11.6. The quantitative estimate of drug-likeness (QED) is 0.153. The number of carbonyl (C=O) groups is 5. The normalized spacial score (nSPS) is 19.5. The summed E-state index contributed by atoms with van der Waals surface area (Å²) in [4.78, 5) is 71.3. The van der Waals surface area contributed by atoms with E-state index in [1.807, 2.05) is 45.9 Å². The summed E-state index contributed by atoms with van der Waals surface area (Å²) in [6, 6.07) is 5.67. The Morgan fingerprint density at radius 3 is 2.00 bits per heavy atom. The van der Waals surface area contributed by atoms with Crippen LogP contribution in [0.1, 0.15) is 92.7 Å². The monoisotopic (exact) mass is 761 g/mol. The molecule has 0 bridgehead atoms. The highest BCUT2D eigenvalue weighted by atomic mass is 16.5. The van der Waals surface area contributed by atoms with E-state index in [4.69, 9.17) is 9.47 Å². The summed E-state index contributed by atoms with van der Waals surface area (Å²) >= 11 is 0. The van der Waals surface area contributed by atoms with E-state index in [0.717, 1.165) is 11.3 Å². The largest absolute Gasteiger partial charge is 0.465 e. The van der Waals surface area contributed by atoms with Crippen molar-refractivity contribution in [2.45, 2.75) is 130 Å². The smallest absolute Gasteiger partial charge is 0.407 e. The van der Waals surface area contributed by atoms with Gasteiger partial charge in [0.15, 0.2) is 0 Å². The van der Waals surface area contributed by atoms with Crippen molar-refractivity contribution in [1.82, 2.24) is 25.3 Å². The summed E-state index contributed by atoms with van der Waals surface area (Å²) in [5, 5.41) is 26.2. The number of carbonyl (C=O) groups excluding carboxylic acids is 4.